The zero-order chi connectivity index (χ0) is 11.4. The van der Waals surface area contributed by atoms with Gasteiger partial charge in [0.05, 0.1) is 0 Å². The Morgan fingerprint density at radius 2 is 1.94 bits per heavy atom. The maximum atomic E-state index is 5.80. The normalized spacial score (nSPS) is 10.1. The highest BCUT2D eigenvalue weighted by Gasteiger charge is 1.97. The van der Waals surface area contributed by atoms with Crippen LogP contribution in [0, 0.1) is 6.92 Å². The third-order valence-corrected chi connectivity index (χ3v) is 2.44. The van der Waals surface area contributed by atoms with Crippen LogP contribution in [0.3, 0.4) is 0 Å². The molecule has 2 nitrogen and oxygen atoms in total. The minimum atomic E-state index is 0.508. The van der Waals surface area contributed by atoms with Gasteiger partial charge in [-0.15, -0.1) is 0 Å². The number of aromatic nitrogens is 1. The lowest BCUT2D eigenvalue weighted by Crippen LogP contribution is -1.96. The number of hydrogen-bond donors (Lipinski definition) is 0. The van der Waals surface area contributed by atoms with Crippen LogP contribution >= 0.6 is 11.6 Å². The maximum Gasteiger partial charge on any atom is 0.213 e. The van der Waals surface area contributed by atoms with E-state index in [0.717, 1.165) is 16.1 Å². The molecule has 2 aromatic rings. The van der Waals surface area contributed by atoms with Gasteiger partial charge in [0.1, 0.15) is 6.61 Å². The van der Waals surface area contributed by atoms with Crippen molar-refractivity contribution in [2.75, 3.05) is 0 Å². The molecule has 0 fully saturated rings. The third-order valence-electron chi connectivity index (χ3n) is 2.19. The Morgan fingerprint density at radius 1 is 1.19 bits per heavy atom. The highest BCUT2D eigenvalue weighted by atomic mass is 35.5. The maximum absolute atomic E-state index is 5.80. The number of rotatable bonds is 3. The highest BCUT2D eigenvalue weighted by molar-refractivity contribution is 6.30. The van der Waals surface area contributed by atoms with Gasteiger partial charge in [0.25, 0.3) is 0 Å². The molecule has 1 aromatic carbocycles. The first-order valence-electron chi connectivity index (χ1n) is 5.04. The highest BCUT2D eigenvalue weighted by Crippen LogP contribution is 2.13. The number of hydrogen-bond acceptors (Lipinski definition) is 2. The Hall–Kier alpha value is -1.54. The molecule has 0 radical (unpaired) electrons. The Kier molecular flexibility index (Phi) is 3.42. The van der Waals surface area contributed by atoms with Crippen LogP contribution in [0.15, 0.2) is 42.6 Å². The van der Waals surface area contributed by atoms with E-state index in [4.69, 9.17) is 16.3 Å². The molecular weight excluding hydrogens is 222 g/mol. The van der Waals surface area contributed by atoms with E-state index in [-0.39, 0.29) is 0 Å². The fourth-order valence-corrected chi connectivity index (χ4v) is 1.45. The largest absolute Gasteiger partial charge is 0.473 e. The summed E-state index contributed by atoms with van der Waals surface area (Å²) in [4.78, 5) is 4.12. The monoisotopic (exact) mass is 233 g/mol. The molecular formula is C13H12ClNO. The van der Waals surface area contributed by atoms with Crippen molar-refractivity contribution in [3.05, 3.63) is 58.7 Å². The average Bonchev–Trinajstić information content (AvgIpc) is 2.28. The first-order chi connectivity index (χ1) is 7.74. The first-order valence-corrected chi connectivity index (χ1v) is 5.42. The van der Waals surface area contributed by atoms with Gasteiger partial charge in [0, 0.05) is 17.3 Å². The van der Waals surface area contributed by atoms with E-state index in [9.17, 15) is 0 Å². The summed E-state index contributed by atoms with van der Waals surface area (Å²) >= 11 is 5.80. The van der Waals surface area contributed by atoms with Gasteiger partial charge < -0.3 is 4.74 Å². The van der Waals surface area contributed by atoms with Crippen molar-refractivity contribution in [3.63, 3.8) is 0 Å². The predicted molar refractivity (Wildman–Crippen MR) is 64.8 cm³/mol. The van der Waals surface area contributed by atoms with Crippen molar-refractivity contribution in [1.29, 1.82) is 0 Å². The van der Waals surface area contributed by atoms with Crippen LogP contribution < -0.4 is 4.74 Å². The van der Waals surface area contributed by atoms with Crippen LogP contribution in [-0.2, 0) is 6.61 Å². The number of halogens is 1. The van der Waals surface area contributed by atoms with Gasteiger partial charge in [-0.3, -0.25) is 0 Å². The molecule has 16 heavy (non-hydrogen) atoms. The molecule has 0 N–H and O–H groups in total. The summed E-state index contributed by atoms with van der Waals surface area (Å²) in [5, 5.41) is 0.734. The van der Waals surface area contributed by atoms with Crippen molar-refractivity contribution in [3.8, 4) is 5.88 Å². The van der Waals surface area contributed by atoms with Gasteiger partial charge in [-0.05, 0) is 36.2 Å². The molecule has 0 saturated heterocycles. The number of aryl methyl sites for hydroxylation is 1. The standard InChI is InChI=1S/C13H12ClNO/c1-10-6-7-15-13(8-10)16-9-11-2-4-12(14)5-3-11/h2-8H,9H2,1H3. The minimum absolute atomic E-state index is 0.508. The zero-order valence-corrected chi connectivity index (χ0v) is 9.74. The summed E-state index contributed by atoms with van der Waals surface area (Å²) in [6, 6.07) is 11.4. The second-order valence-electron chi connectivity index (χ2n) is 3.59. The van der Waals surface area contributed by atoms with Crippen molar-refractivity contribution in [2.24, 2.45) is 0 Å². The fourth-order valence-electron chi connectivity index (χ4n) is 1.33. The summed E-state index contributed by atoms with van der Waals surface area (Å²) in [6.45, 7) is 2.52. The summed E-state index contributed by atoms with van der Waals surface area (Å²) in [6.07, 6.45) is 1.74. The molecule has 0 aliphatic carbocycles. The molecule has 0 bridgehead atoms. The lowest BCUT2D eigenvalue weighted by atomic mass is 10.2. The van der Waals surface area contributed by atoms with Crippen LogP contribution in [0.4, 0.5) is 0 Å². The van der Waals surface area contributed by atoms with Gasteiger partial charge in [-0.25, -0.2) is 4.98 Å². The van der Waals surface area contributed by atoms with Gasteiger partial charge in [0.2, 0.25) is 5.88 Å². The molecule has 1 heterocycles. The van der Waals surface area contributed by atoms with Gasteiger partial charge in [-0.2, -0.15) is 0 Å². The molecule has 0 atom stereocenters. The van der Waals surface area contributed by atoms with E-state index >= 15 is 0 Å². The van der Waals surface area contributed by atoms with E-state index in [2.05, 4.69) is 4.98 Å². The molecule has 0 aliphatic heterocycles. The quantitative estimate of drug-likeness (QED) is 0.808. The molecule has 0 saturated carbocycles. The van der Waals surface area contributed by atoms with E-state index in [0.29, 0.717) is 12.5 Å². The van der Waals surface area contributed by atoms with Gasteiger partial charge in [0.15, 0.2) is 0 Å². The van der Waals surface area contributed by atoms with Gasteiger partial charge in [-0.1, -0.05) is 23.7 Å². The molecule has 1 aromatic heterocycles. The number of nitrogens with zero attached hydrogens (tertiary/aromatic N) is 1. The molecule has 82 valence electrons. The average molecular weight is 234 g/mol. The first kappa shape index (κ1) is 11.0. The summed E-state index contributed by atoms with van der Waals surface area (Å²) < 4.78 is 5.56. The fraction of sp³-hybridized carbons (Fsp3) is 0.154. The van der Waals surface area contributed by atoms with Crippen LogP contribution in [0.25, 0.3) is 0 Å². The number of ether oxygens (including phenoxy) is 1. The van der Waals surface area contributed by atoms with Crippen LogP contribution in [0.2, 0.25) is 5.02 Å². The molecule has 0 spiro atoms. The zero-order valence-electron chi connectivity index (χ0n) is 8.98. The molecule has 2 rings (SSSR count). The van der Waals surface area contributed by atoms with Crippen molar-refractivity contribution < 1.29 is 4.74 Å². The predicted octanol–water partition coefficient (Wildman–Crippen LogP) is 3.62. The Balaban J connectivity index is 1.99. The molecule has 0 aliphatic rings. The van der Waals surface area contributed by atoms with Crippen molar-refractivity contribution in [2.45, 2.75) is 13.5 Å². The minimum Gasteiger partial charge on any atom is -0.473 e. The SMILES string of the molecule is Cc1ccnc(OCc2ccc(Cl)cc2)c1. The van der Waals surface area contributed by atoms with E-state index < -0.39 is 0 Å². The van der Waals surface area contributed by atoms with Crippen molar-refractivity contribution in [1.82, 2.24) is 4.98 Å². The van der Waals surface area contributed by atoms with Crippen molar-refractivity contribution >= 4 is 11.6 Å². The van der Waals surface area contributed by atoms with E-state index in [1.807, 2.05) is 43.3 Å². The van der Waals surface area contributed by atoms with E-state index in [1.165, 1.54) is 0 Å². The molecule has 3 heteroatoms. The molecule has 0 unspecified atom stereocenters. The topological polar surface area (TPSA) is 22.1 Å². The number of pyridine rings is 1. The van der Waals surface area contributed by atoms with E-state index in [1.54, 1.807) is 6.20 Å². The summed E-state index contributed by atoms with van der Waals surface area (Å²) in [5.74, 6) is 0.648. The second kappa shape index (κ2) is 4.99. The lowest BCUT2D eigenvalue weighted by Gasteiger charge is -2.05. The number of benzene rings is 1. The third kappa shape index (κ3) is 2.97. The Bertz CT molecular complexity index is 468. The van der Waals surface area contributed by atoms with Gasteiger partial charge >= 0.3 is 0 Å². The van der Waals surface area contributed by atoms with Crippen LogP contribution in [-0.4, -0.2) is 4.98 Å². The second-order valence-corrected chi connectivity index (χ2v) is 4.02. The van der Waals surface area contributed by atoms with Crippen LogP contribution in [0.1, 0.15) is 11.1 Å². The summed E-state index contributed by atoms with van der Waals surface area (Å²) in [5.41, 5.74) is 2.22. The lowest BCUT2D eigenvalue weighted by molar-refractivity contribution is 0.293. The smallest absolute Gasteiger partial charge is 0.213 e. The Morgan fingerprint density at radius 3 is 2.62 bits per heavy atom. The van der Waals surface area contributed by atoms with Crippen LogP contribution in [0.5, 0.6) is 5.88 Å². The molecule has 0 amide bonds. The Labute approximate surface area is 99.9 Å². The summed E-state index contributed by atoms with van der Waals surface area (Å²) in [7, 11) is 0.